The van der Waals surface area contributed by atoms with Crippen LogP contribution >= 0.6 is 0 Å². The van der Waals surface area contributed by atoms with Crippen LogP contribution in [0.5, 0.6) is 0 Å². The average Bonchev–Trinajstić information content (AvgIpc) is 2.40. The minimum atomic E-state index is -0.522. The van der Waals surface area contributed by atoms with Gasteiger partial charge < -0.3 is 4.84 Å². The molecule has 2 aromatic rings. The van der Waals surface area contributed by atoms with Gasteiger partial charge in [-0.05, 0) is 18.2 Å². The first kappa shape index (κ1) is 12.2. The molecular formula is C14H10F2NO. The van der Waals surface area contributed by atoms with Crippen molar-refractivity contribution in [2.75, 3.05) is 0 Å². The quantitative estimate of drug-likeness (QED) is 0.598. The van der Waals surface area contributed by atoms with Crippen molar-refractivity contribution in [3.8, 4) is 0 Å². The lowest BCUT2D eigenvalue weighted by Crippen LogP contribution is -1.93. The predicted molar refractivity (Wildman–Crippen MR) is 64.1 cm³/mol. The summed E-state index contributed by atoms with van der Waals surface area (Å²) in [6, 6.07) is 12.3. The second-order valence-corrected chi connectivity index (χ2v) is 3.58. The summed E-state index contributed by atoms with van der Waals surface area (Å²) in [6.07, 6.45) is 2.64. The normalized spacial score (nSPS) is 10.8. The molecule has 0 bridgehead atoms. The Morgan fingerprint density at radius 2 is 1.83 bits per heavy atom. The second kappa shape index (κ2) is 5.91. The summed E-state index contributed by atoms with van der Waals surface area (Å²) >= 11 is 0. The fourth-order valence-electron chi connectivity index (χ4n) is 1.35. The van der Waals surface area contributed by atoms with Crippen LogP contribution in [-0.4, -0.2) is 6.21 Å². The smallest absolute Gasteiger partial charge is 0.145 e. The Kier molecular flexibility index (Phi) is 4.02. The van der Waals surface area contributed by atoms with Crippen molar-refractivity contribution in [2.24, 2.45) is 5.16 Å². The molecule has 0 spiro atoms. The van der Waals surface area contributed by atoms with Gasteiger partial charge in [-0.3, -0.25) is 0 Å². The van der Waals surface area contributed by atoms with Gasteiger partial charge in [0.05, 0.1) is 0 Å². The Bertz CT molecular complexity index is 541. The number of rotatable bonds is 4. The summed E-state index contributed by atoms with van der Waals surface area (Å²) in [5, 5.41) is 3.57. The molecule has 0 saturated carbocycles. The predicted octanol–water partition coefficient (Wildman–Crippen LogP) is 3.39. The van der Waals surface area contributed by atoms with E-state index in [0.29, 0.717) is 0 Å². The molecule has 0 aliphatic heterocycles. The zero-order chi connectivity index (χ0) is 12.8. The number of hydrogen-bond donors (Lipinski definition) is 0. The van der Waals surface area contributed by atoms with Crippen LogP contribution in [0.2, 0.25) is 0 Å². The van der Waals surface area contributed by atoms with Crippen molar-refractivity contribution in [1.29, 1.82) is 0 Å². The average molecular weight is 246 g/mol. The van der Waals surface area contributed by atoms with E-state index < -0.39 is 11.6 Å². The van der Waals surface area contributed by atoms with E-state index in [1.54, 1.807) is 12.1 Å². The van der Waals surface area contributed by atoms with Gasteiger partial charge in [0.2, 0.25) is 0 Å². The highest BCUT2D eigenvalue weighted by Gasteiger charge is 2.03. The van der Waals surface area contributed by atoms with E-state index in [2.05, 4.69) is 11.4 Å². The van der Waals surface area contributed by atoms with Crippen molar-refractivity contribution in [2.45, 2.75) is 6.61 Å². The molecule has 0 aliphatic rings. The Hall–Kier alpha value is -2.23. The molecule has 91 valence electrons. The van der Waals surface area contributed by atoms with Crippen molar-refractivity contribution in [1.82, 2.24) is 0 Å². The Balaban J connectivity index is 1.92. The molecule has 0 aliphatic carbocycles. The van der Waals surface area contributed by atoms with Gasteiger partial charge in [0.15, 0.2) is 0 Å². The van der Waals surface area contributed by atoms with E-state index >= 15 is 0 Å². The first-order valence-electron chi connectivity index (χ1n) is 5.33. The van der Waals surface area contributed by atoms with Gasteiger partial charge in [0.25, 0.3) is 0 Å². The lowest BCUT2D eigenvalue weighted by molar-refractivity contribution is 0.129. The van der Waals surface area contributed by atoms with Crippen LogP contribution in [0, 0.1) is 11.6 Å². The Morgan fingerprint density at radius 3 is 2.61 bits per heavy atom. The summed E-state index contributed by atoms with van der Waals surface area (Å²) in [6.45, 7) is -0.135. The molecule has 2 rings (SSSR count). The standard InChI is InChI=1S/C14H10F2NO/c15-13-6-7-14(16)12(8-13)10-18-17-9-11-4-2-1-3-5-11/h1-8H,10H2. The summed E-state index contributed by atoms with van der Waals surface area (Å²) in [4.78, 5) is 4.87. The fourth-order valence-corrected chi connectivity index (χ4v) is 1.35. The minimum Gasteiger partial charge on any atom is -0.390 e. The maximum Gasteiger partial charge on any atom is 0.145 e. The molecule has 2 aromatic carbocycles. The SMILES string of the molecule is Fc1ccc(F)c(CO/N=[C]\c2ccccc2)c1. The van der Waals surface area contributed by atoms with Crippen LogP contribution < -0.4 is 0 Å². The molecule has 0 unspecified atom stereocenters. The highest BCUT2D eigenvalue weighted by atomic mass is 19.1. The van der Waals surface area contributed by atoms with Crippen molar-refractivity contribution in [3.05, 3.63) is 71.3 Å². The monoisotopic (exact) mass is 246 g/mol. The molecule has 0 heterocycles. The maximum absolute atomic E-state index is 13.2. The highest BCUT2D eigenvalue weighted by Crippen LogP contribution is 2.10. The molecule has 0 amide bonds. The summed E-state index contributed by atoms with van der Waals surface area (Å²) in [5.41, 5.74) is 0.867. The lowest BCUT2D eigenvalue weighted by Gasteiger charge is -2.01. The van der Waals surface area contributed by atoms with Gasteiger partial charge >= 0.3 is 0 Å². The third-order valence-electron chi connectivity index (χ3n) is 2.24. The zero-order valence-electron chi connectivity index (χ0n) is 9.44. The largest absolute Gasteiger partial charge is 0.390 e. The summed E-state index contributed by atoms with van der Waals surface area (Å²) < 4.78 is 26.1. The van der Waals surface area contributed by atoms with Crippen LogP contribution in [-0.2, 0) is 11.4 Å². The lowest BCUT2D eigenvalue weighted by atomic mass is 10.2. The molecule has 0 aromatic heterocycles. The minimum absolute atomic E-state index is 0.119. The Labute approximate surface area is 104 Å². The van der Waals surface area contributed by atoms with Crippen LogP contribution in [0.3, 0.4) is 0 Å². The number of hydrogen-bond acceptors (Lipinski definition) is 2. The van der Waals surface area contributed by atoms with Crippen molar-refractivity contribution < 1.29 is 13.6 Å². The Morgan fingerprint density at radius 1 is 1.06 bits per heavy atom. The van der Waals surface area contributed by atoms with Gasteiger partial charge in [-0.2, -0.15) is 0 Å². The van der Waals surface area contributed by atoms with E-state index in [0.717, 1.165) is 23.8 Å². The molecule has 0 N–H and O–H groups in total. The molecule has 0 saturated heterocycles. The third-order valence-corrected chi connectivity index (χ3v) is 2.24. The van der Waals surface area contributed by atoms with Crippen molar-refractivity contribution in [3.63, 3.8) is 0 Å². The molecule has 0 fully saturated rings. The molecule has 0 atom stereocenters. The van der Waals surface area contributed by atoms with Crippen LogP contribution in [0.4, 0.5) is 8.78 Å². The number of benzene rings is 2. The fraction of sp³-hybridized carbons (Fsp3) is 0.0714. The van der Waals surface area contributed by atoms with E-state index in [1.165, 1.54) is 0 Å². The topological polar surface area (TPSA) is 21.6 Å². The van der Waals surface area contributed by atoms with Gasteiger partial charge in [0, 0.05) is 11.1 Å². The zero-order valence-corrected chi connectivity index (χ0v) is 9.44. The van der Waals surface area contributed by atoms with E-state index in [4.69, 9.17) is 4.84 Å². The molecule has 2 nitrogen and oxygen atoms in total. The number of halogens is 2. The van der Waals surface area contributed by atoms with Gasteiger partial charge in [-0.15, -0.1) is 0 Å². The highest BCUT2D eigenvalue weighted by molar-refractivity contribution is 5.78. The van der Waals surface area contributed by atoms with Gasteiger partial charge in [0.1, 0.15) is 24.5 Å². The van der Waals surface area contributed by atoms with E-state index in [1.807, 2.05) is 18.2 Å². The summed E-state index contributed by atoms with van der Waals surface area (Å²) in [5.74, 6) is -1.03. The van der Waals surface area contributed by atoms with Crippen molar-refractivity contribution >= 4 is 6.21 Å². The van der Waals surface area contributed by atoms with Gasteiger partial charge in [-0.25, -0.2) is 8.78 Å². The first-order valence-corrected chi connectivity index (χ1v) is 5.33. The second-order valence-electron chi connectivity index (χ2n) is 3.58. The molecule has 1 radical (unpaired) electrons. The third kappa shape index (κ3) is 3.38. The molecule has 4 heteroatoms. The van der Waals surface area contributed by atoms with E-state index in [9.17, 15) is 8.78 Å². The van der Waals surface area contributed by atoms with Crippen LogP contribution in [0.25, 0.3) is 0 Å². The van der Waals surface area contributed by atoms with Crippen LogP contribution in [0.15, 0.2) is 53.7 Å². The van der Waals surface area contributed by atoms with Crippen LogP contribution in [0.1, 0.15) is 11.1 Å². The molecule has 18 heavy (non-hydrogen) atoms. The first-order chi connectivity index (χ1) is 8.75. The number of nitrogens with zero attached hydrogens (tertiary/aromatic N) is 1. The summed E-state index contributed by atoms with van der Waals surface area (Å²) in [7, 11) is 0. The van der Waals surface area contributed by atoms with E-state index in [-0.39, 0.29) is 12.2 Å². The van der Waals surface area contributed by atoms with Gasteiger partial charge in [-0.1, -0.05) is 35.5 Å². The maximum atomic E-state index is 13.2. The molecular weight excluding hydrogens is 236 g/mol.